The molecule has 1 nitrogen and oxygen atoms in total. The van der Waals surface area contributed by atoms with E-state index in [0.29, 0.717) is 0 Å². The minimum Gasteiger partial charge on any atom is -0.392 e. The van der Waals surface area contributed by atoms with Gasteiger partial charge in [0.2, 0.25) is 0 Å². The van der Waals surface area contributed by atoms with Gasteiger partial charge in [-0.05, 0) is 17.2 Å². The number of hydrogen-bond acceptors (Lipinski definition) is 1. The highest BCUT2D eigenvalue weighted by Crippen LogP contribution is 2.22. The van der Waals surface area contributed by atoms with Crippen LogP contribution in [-0.4, -0.2) is 5.11 Å². The van der Waals surface area contributed by atoms with E-state index in [1.807, 2.05) is 18.2 Å². The molecule has 60 valence electrons. The van der Waals surface area contributed by atoms with Crippen LogP contribution in [-0.2, 0) is 11.9 Å². The van der Waals surface area contributed by atoms with Crippen molar-refractivity contribution < 1.29 is 5.11 Å². The molecular formula is C8H8Br2O. The Labute approximate surface area is 82.7 Å². The fourth-order valence-electron chi connectivity index (χ4n) is 0.906. The van der Waals surface area contributed by atoms with Crippen LogP contribution in [0.5, 0.6) is 0 Å². The maximum absolute atomic E-state index is 8.98. The first-order valence-corrected chi connectivity index (χ1v) is 5.14. The smallest absolute Gasteiger partial charge is 0.0695 e. The Morgan fingerprint density at radius 2 is 2.09 bits per heavy atom. The van der Waals surface area contributed by atoms with Gasteiger partial charge in [0, 0.05) is 9.80 Å². The van der Waals surface area contributed by atoms with Crippen LogP contribution in [0.1, 0.15) is 11.1 Å². The summed E-state index contributed by atoms with van der Waals surface area (Å²) in [5, 5.41) is 9.76. The lowest BCUT2D eigenvalue weighted by molar-refractivity contribution is 0.280. The molecule has 0 amide bonds. The molecule has 11 heavy (non-hydrogen) atoms. The van der Waals surface area contributed by atoms with Crippen molar-refractivity contribution in [1.82, 2.24) is 0 Å². The summed E-state index contributed by atoms with van der Waals surface area (Å²) in [6.07, 6.45) is 0. The van der Waals surface area contributed by atoms with Gasteiger partial charge in [0.1, 0.15) is 0 Å². The summed E-state index contributed by atoms with van der Waals surface area (Å²) in [5.74, 6) is 0. The largest absolute Gasteiger partial charge is 0.392 e. The number of benzene rings is 1. The molecule has 0 spiro atoms. The number of aliphatic hydroxyl groups is 1. The lowest BCUT2D eigenvalue weighted by Crippen LogP contribution is -1.91. The van der Waals surface area contributed by atoms with Crippen LogP contribution in [0.4, 0.5) is 0 Å². The highest BCUT2D eigenvalue weighted by atomic mass is 79.9. The maximum atomic E-state index is 8.98. The Morgan fingerprint density at radius 1 is 1.36 bits per heavy atom. The van der Waals surface area contributed by atoms with Crippen LogP contribution in [0.3, 0.4) is 0 Å². The Bertz CT molecular complexity index is 248. The Balaban J connectivity index is 3.13. The minimum absolute atomic E-state index is 0.0857. The van der Waals surface area contributed by atoms with Gasteiger partial charge in [0.15, 0.2) is 0 Å². The van der Waals surface area contributed by atoms with Crippen LogP contribution in [0.2, 0.25) is 0 Å². The van der Waals surface area contributed by atoms with Gasteiger partial charge in [-0.3, -0.25) is 0 Å². The van der Waals surface area contributed by atoms with Crippen LogP contribution in [0.25, 0.3) is 0 Å². The molecule has 0 heterocycles. The molecule has 0 fully saturated rings. The summed E-state index contributed by atoms with van der Waals surface area (Å²) in [5.41, 5.74) is 2.09. The van der Waals surface area contributed by atoms with Crippen molar-refractivity contribution in [2.45, 2.75) is 11.9 Å². The molecule has 0 aliphatic carbocycles. The summed E-state index contributed by atoms with van der Waals surface area (Å²) in [7, 11) is 0. The molecule has 0 saturated carbocycles. The Morgan fingerprint density at radius 3 is 2.55 bits per heavy atom. The zero-order chi connectivity index (χ0) is 8.27. The van der Waals surface area contributed by atoms with Gasteiger partial charge in [-0.2, -0.15) is 0 Å². The topological polar surface area (TPSA) is 20.2 Å². The van der Waals surface area contributed by atoms with Gasteiger partial charge >= 0.3 is 0 Å². The monoisotopic (exact) mass is 278 g/mol. The highest BCUT2D eigenvalue weighted by molar-refractivity contribution is 9.10. The first-order chi connectivity index (χ1) is 5.29. The van der Waals surface area contributed by atoms with E-state index < -0.39 is 0 Å². The van der Waals surface area contributed by atoms with E-state index in [4.69, 9.17) is 5.11 Å². The minimum atomic E-state index is 0.0857. The molecule has 1 rings (SSSR count). The first kappa shape index (κ1) is 9.23. The molecule has 1 N–H and O–H groups in total. The molecule has 0 radical (unpaired) electrons. The van der Waals surface area contributed by atoms with E-state index in [9.17, 15) is 0 Å². The molecule has 0 bridgehead atoms. The van der Waals surface area contributed by atoms with Crippen LogP contribution < -0.4 is 0 Å². The SMILES string of the molecule is OCc1c(Br)cccc1CBr. The lowest BCUT2D eigenvalue weighted by Gasteiger charge is -2.05. The van der Waals surface area contributed by atoms with E-state index in [1.165, 1.54) is 0 Å². The summed E-state index contributed by atoms with van der Waals surface area (Å²) in [4.78, 5) is 0. The molecule has 0 aliphatic heterocycles. The van der Waals surface area contributed by atoms with Gasteiger partial charge in [-0.15, -0.1) is 0 Å². The third-order valence-electron chi connectivity index (χ3n) is 1.52. The van der Waals surface area contributed by atoms with Crippen molar-refractivity contribution in [3.63, 3.8) is 0 Å². The van der Waals surface area contributed by atoms with Gasteiger partial charge in [-0.25, -0.2) is 0 Å². The summed E-state index contributed by atoms with van der Waals surface area (Å²) < 4.78 is 0.969. The van der Waals surface area contributed by atoms with Crippen molar-refractivity contribution in [2.75, 3.05) is 0 Å². The molecule has 1 aromatic rings. The summed E-state index contributed by atoms with van der Waals surface area (Å²) >= 11 is 6.72. The third kappa shape index (κ3) is 2.04. The van der Waals surface area contributed by atoms with Crippen LogP contribution >= 0.6 is 31.9 Å². The van der Waals surface area contributed by atoms with Crippen LogP contribution in [0.15, 0.2) is 22.7 Å². The van der Waals surface area contributed by atoms with E-state index >= 15 is 0 Å². The first-order valence-electron chi connectivity index (χ1n) is 3.22. The van der Waals surface area contributed by atoms with Gasteiger partial charge in [-0.1, -0.05) is 44.0 Å². The maximum Gasteiger partial charge on any atom is 0.0695 e. The molecule has 0 unspecified atom stereocenters. The van der Waals surface area contributed by atoms with Crippen molar-refractivity contribution in [3.05, 3.63) is 33.8 Å². The number of halogens is 2. The van der Waals surface area contributed by atoms with Crippen molar-refractivity contribution >= 4 is 31.9 Å². The molecule has 0 saturated heterocycles. The quantitative estimate of drug-likeness (QED) is 0.826. The van der Waals surface area contributed by atoms with Gasteiger partial charge < -0.3 is 5.11 Å². The zero-order valence-electron chi connectivity index (χ0n) is 5.85. The van der Waals surface area contributed by atoms with Gasteiger partial charge in [0.25, 0.3) is 0 Å². The predicted octanol–water partition coefficient (Wildman–Crippen LogP) is 2.84. The molecule has 0 atom stereocenters. The molecule has 3 heteroatoms. The molecule has 1 aromatic carbocycles. The zero-order valence-corrected chi connectivity index (χ0v) is 9.02. The summed E-state index contributed by atoms with van der Waals surface area (Å²) in [6, 6.07) is 5.88. The lowest BCUT2D eigenvalue weighted by atomic mass is 10.1. The fourth-order valence-corrected chi connectivity index (χ4v) is 1.96. The highest BCUT2D eigenvalue weighted by Gasteiger charge is 2.02. The predicted molar refractivity (Wildman–Crippen MR) is 52.7 cm³/mol. The average molecular weight is 280 g/mol. The third-order valence-corrected chi connectivity index (χ3v) is 2.87. The van der Waals surface area contributed by atoms with Crippen LogP contribution in [0, 0.1) is 0 Å². The van der Waals surface area contributed by atoms with E-state index in [2.05, 4.69) is 31.9 Å². The Kier molecular flexibility index (Phi) is 3.55. The fraction of sp³-hybridized carbons (Fsp3) is 0.250. The number of alkyl halides is 1. The standard InChI is InChI=1S/C8H8Br2O/c9-4-6-2-1-3-8(10)7(6)5-11/h1-3,11H,4-5H2. The normalized spacial score (nSPS) is 10.1. The van der Waals surface area contributed by atoms with Crippen molar-refractivity contribution in [1.29, 1.82) is 0 Å². The Hall–Kier alpha value is 0.140. The number of rotatable bonds is 2. The van der Waals surface area contributed by atoms with E-state index in [0.717, 1.165) is 20.9 Å². The second kappa shape index (κ2) is 4.24. The molecule has 0 aliphatic rings. The van der Waals surface area contributed by atoms with Crippen molar-refractivity contribution in [2.24, 2.45) is 0 Å². The second-order valence-electron chi connectivity index (χ2n) is 2.17. The second-order valence-corrected chi connectivity index (χ2v) is 3.58. The van der Waals surface area contributed by atoms with E-state index in [1.54, 1.807) is 0 Å². The number of hydrogen-bond donors (Lipinski definition) is 1. The average Bonchev–Trinajstić information content (AvgIpc) is 2.04. The van der Waals surface area contributed by atoms with Crippen molar-refractivity contribution in [3.8, 4) is 0 Å². The molecule has 0 aromatic heterocycles. The number of aliphatic hydroxyl groups excluding tert-OH is 1. The van der Waals surface area contributed by atoms with Gasteiger partial charge in [0.05, 0.1) is 6.61 Å². The summed E-state index contributed by atoms with van der Waals surface area (Å²) in [6.45, 7) is 0.0857. The van der Waals surface area contributed by atoms with E-state index in [-0.39, 0.29) is 6.61 Å². The molecular weight excluding hydrogens is 272 g/mol.